The Labute approximate surface area is 291 Å². The molecule has 4 nitrogen and oxygen atoms in total. The van der Waals surface area contributed by atoms with Crippen molar-refractivity contribution in [2.24, 2.45) is 0 Å². The van der Waals surface area contributed by atoms with Gasteiger partial charge in [-0.3, -0.25) is 4.57 Å². The number of hydrogen-bond acceptors (Lipinski definition) is 2. The zero-order valence-corrected chi connectivity index (χ0v) is 27.7. The molecule has 51 heavy (non-hydrogen) atoms. The van der Waals surface area contributed by atoms with Gasteiger partial charge in [-0.25, -0.2) is 9.97 Å². The second-order valence-corrected chi connectivity index (χ2v) is 13.8. The maximum atomic E-state index is 5.49. The highest BCUT2D eigenvalue weighted by Gasteiger charge is 2.27. The Hall–Kier alpha value is -6.78. The summed E-state index contributed by atoms with van der Waals surface area (Å²) in [5.74, 6) is 0.673. The van der Waals surface area contributed by atoms with Crippen LogP contribution in [0, 0.1) is 6.92 Å². The van der Waals surface area contributed by atoms with Crippen molar-refractivity contribution < 1.29 is 0 Å². The highest BCUT2D eigenvalue weighted by atomic mass is 15.2. The molecule has 0 spiro atoms. The lowest BCUT2D eigenvalue weighted by Crippen LogP contribution is -2.04. The predicted molar refractivity (Wildman–Crippen MR) is 214 cm³/mol. The lowest BCUT2D eigenvalue weighted by molar-refractivity contribution is 1.02. The second kappa shape index (κ2) is 9.68. The summed E-state index contributed by atoms with van der Waals surface area (Å²) in [5, 5.41) is 13.5. The molecule has 0 atom stereocenters. The van der Waals surface area contributed by atoms with E-state index in [0.29, 0.717) is 5.95 Å². The van der Waals surface area contributed by atoms with Crippen LogP contribution in [-0.2, 0) is 0 Å². The molecular formula is C47H28N4. The molecule has 0 unspecified atom stereocenters. The summed E-state index contributed by atoms with van der Waals surface area (Å²) < 4.78 is 4.87. The minimum absolute atomic E-state index is 0.673. The van der Waals surface area contributed by atoms with E-state index >= 15 is 0 Å². The van der Waals surface area contributed by atoms with Crippen molar-refractivity contribution in [3.05, 3.63) is 157 Å². The smallest absolute Gasteiger partial charge is 0.235 e. The van der Waals surface area contributed by atoms with Crippen LogP contribution in [0.3, 0.4) is 0 Å². The molecule has 4 aromatic heterocycles. The minimum Gasteiger partial charge on any atom is -0.307 e. The van der Waals surface area contributed by atoms with Gasteiger partial charge in [0.2, 0.25) is 5.95 Å². The zero-order valence-electron chi connectivity index (χ0n) is 27.7. The third-order valence-corrected chi connectivity index (χ3v) is 11.1. The molecule has 0 amide bonds. The summed E-state index contributed by atoms with van der Waals surface area (Å²) >= 11 is 0. The molecule has 4 heteroatoms. The van der Waals surface area contributed by atoms with Crippen LogP contribution in [0.2, 0.25) is 0 Å². The van der Waals surface area contributed by atoms with Gasteiger partial charge >= 0.3 is 0 Å². The number of rotatable bonds is 2. The number of hydrogen-bond donors (Lipinski definition) is 0. The second-order valence-electron chi connectivity index (χ2n) is 13.8. The molecule has 0 fully saturated rings. The van der Waals surface area contributed by atoms with E-state index in [-0.39, 0.29) is 0 Å². The Balaban J connectivity index is 1.38. The van der Waals surface area contributed by atoms with Crippen molar-refractivity contribution in [1.82, 2.24) is 18.9 Å². The molecule has 0 aliphatic rings. The number of fused-ring (bicyclic) bond motifs is 16. The van der Waals surface area contributed by atoms with Crippen molar-refractivity contribution in [2.45, 2.75) is 6.92 Å². The molecule has 0 aliphatic carbocycles. The number of nitrogens with zero attached hydrogens (tertiary/aromatic N) is 4. The summed E-state index contributed by atoms with van der Waals surface area (Å²) in [4.78, 5) is 10.9. The summed E-state index contributed by atoms with van der Waals surface area (Å²) in [6, 6.07) is 54.9. The first kappa shape index (κ1) is 27.1. The lowest BCUT2D eigenvalue weighted by atomic mass is 9.96. The van der Waals surface area contributed by atoms with E-state index in [4.69, 9.17) is 9.97 Å². The van der Waals surface area contributed by atoms with Gasteiger partial charge in [-0.1, -0.05) is 133 Å². The Bertz CT molecular complexity index is 3440. The van der Waals surface area contributed by atoms with Gasteiger partial charge in [-0.2, -0.15) is 0 Å². The fourth-order valence-corrected chi connectivity index (χ4v) is 9.04. The van der Waals surface area contributed by atoms with Crippen LogP contribution in [0.25, 0.3) is 110 Å². The maximum Gasteiger partial charge on any atom is 0.235 e. The third kappa shape index (κ3) is 3.43. The van der Waals surface area contributed by atoms with E-state index in [1.54, 1.807) is 0 Å². The fraction of sp³-hybridized carbons (Fsp3) is 0.0213. The maximum absolute atomic E-state index is 5.49. The molecule has 0 N–H and O–H groups in total. The first-order chi connectivity index (χ1) is 25.2. The van der Waals surface area contributed by atoms with Crippen molar-refractivity contribution in [1.29, 1.82) is 0 Å². The molecule has 12 aromatic rings. The van der Waals surface area contributed by atoms with E-state index in [1.807, 2.05) is 0 Å². The molecule has 0 aliphatic heterocycles. The molecule has 8 aromatic carbocycles. The van der Waals surface area contributed by atoms with Crippen molar-refractivity contribution in [3.8, 4) is 17.2 Å². The summed E-state index contributed by atoms with van der Waals surface area (Å²) in [6.07, 6.45) is 0. The van der Waals surface area contributed by atoms with E-state index in [0.717, 1.165) is 33.2 Å². The quantitative estimate of drug-likeness (QED) is 0.187. The normalized spacial score (nSPS) is 12.4. The molecule has 12 rings (SSSR count). The van der Waals surface area contributed by atoms with Gasteiger partial charge in [0.25, 0.3) is 0 Å². The zero-order chi connectivity index (χ0) is 33.4. The van der Waals surface area contributed by atoms with Crippen LogP contribution in [0.15, 0.2) is 152 Å². The Morgan fingerprint density at radius 1 is 0.431 bits per heavy atom. The Kier molecular flexibility index (Phi) is 5.14. The van der Waals surface area contributed by atoms with E-state index < -0.39 is 0 Å². The van der Waals surface area contributed by atoms with Gasteiger partial charge in [0, 0.05) is 54.0 Å². The van der Waals surface area contributed by atoms with E-state index in [1.165, 1.54) is 76.0 Å². The van der Waals surface area contributed by atoms with Gasteiger partial charge in [0.05, 0.1) is 38.8 Å². The summed E-state index contributed by atoms with van der Waals surface area (Å²) in [7, 11) is 0. The minimum atomic E-state index is 0.673. The van der Waals surface area contributed by atoms with Gasteiger partial charge in [0.1, 0.15) is 0 Å². The average Bonchev–Trinajstić information content (AvgIpc) is 3.83. The van der Waals surface area contributed by atoms with Gasteiger partial charge in [-0.05, 0) is 42.0 Å². The van der Waals surface area contributed by atoms with Crippen LogP contribution < -0.4 is 0 Å². The van der Waals surface area contributed by atoms with Crippen LogP contribution in [0.4, 0.5) is 0 Å². The highest BCUT2D eigenvalue weighted by Crippen LogP contribution is 2.49. The summed E-state index contributed by atoms with van der Waals surface area (Å²) in [6.45, 7) is 2.14. The summed E-state index contributed by atoms with van der Waals surface area (Å²) in [5.41, 5.74) is 10.1. The van der Waals surface area contributed by atoms with E-state index in [9.17, 15) is 0 Å². The SMILES string of the molecule is Cc1cccc(-c2nc(-n3c4ccc5ccccc5c4c4c5c6cccc7c8ccccc8n(c76)c5c5ccccc5c43)nc3ccccc23)c1. The molecule has 0 saturated heterocycles. The predicted octanol–water partition coefficient (Wildman–Crippen LogP) is 12.2. The standard InChI is InChI=1S/C47H28N4/c1-27-12-10-14-29(26-27)43-35-19-6-8-22-37(35)48-47(49-43)51-39-25-24-28-13-2-3-15-30(28)40(39)42-41-36-21-11-20-32-31-16-7-9-23-38(31)50(44(32)36)45(41)33-17-4-5-18-34(33)46(42)51/h2-26H,1H3. The topological polar surface area (TPSA) is 35.1 Å². The van der Waals surface area contributed by atoms with Crippen LogP contribution in [0.5, 0.6) is 0 Å². The molecule has 0 saturated carbocycles. The van der Waals surface area contributed by atoms with E-state index in [2.05, 4.69) is 168 Å². The first-order valence-corrected chi connectivity index (χ1v) is 17.5. The van der Waals surface area contributed by atoms with Gasteiger partial charge < -0.3 is 4.40 Å². The molecule has 236 valence electrons. The van der Waals surface area contributed by atoms with Crippen LogP contribution in [0.1, 0.15) is 5.56 Å². The molecule has 4 heterocycles. The van der Waals surface area contributed by atoms with Crippen molar-refractivity contribution >= 4 is 92.3 Å². The first-order valence-electron chi connectivity index (χ1n) is 17.5. The Morgan fingerprint density at radius 2 is 1.10 bits per heavy atom. The largest absolute Gasteiger partial charge is 0.307 e. The molecular weight excluding hydrogens is 621 g/mol. The Morgan fingerprint density at radius 3 is 1.96 bits per heavy atom. The number of benzene rings is 8. The van der Waals surface area contributed by atoms with Crippen molar-refractivity contribution in [3.63, 3.8) is 0 Å². The van der Waals surface area contributed by atoms with Crippen molar-refractivity contribution in [2.75, 3.05) is 0 Å². The molecule has 0 radical (unpaired) electrons. The average molecular weight is 649 g/mol. The number of aryl methyl sites for hydroxylation is 1. The van der Waals surface area contributed by atoms with Crippen LogP contribution >= 0.6 is 0 Å². The number of aromatic nitrogens is 4. The van der Waals surface area contributed by atoms with Crippen LogP contribution in [-0.4, -0.2) is 18.9 Å². The van der Waals surface area contributed by atoms with Gasteiger partial charge in [0.15, 0.2) is 0 Å². The lowest BCUT2D eigenvalue weighted by Gasteiger charge is -2.13. The molecule has 0 bridgehead atoms. The highest BCUT2D eigenvalue weighted by molar-refractivity contribution is 6.41. The fourth-order valence-electron chi connectivity index (χ4n) is 9.04. The third-order valence-electron chi connectivity index (χ3n) is 11.1. The monoisotopic (exact) mass is 648 g/mol. The van der Waals surface area contributed by atoms with Gasteiger partial charge in [-0.15, -0.1) is 0 Å². The number of para-hydroxylation sites is 3.